The summed E-state index contributed by atoms with van der Waals surface area (Å²) in [6, 6.07) is 39.8. The Kier molecular flexibility index (Phi) is 8.05. The number of ketones is 1. The van der Waals surface area contributed by atoms with E-state index in [4.69, 9.17) is 4.74 Å². The maximum absolute atomic E-state index is 15.0. The molecule has 0 unspecified atom stereocenters. The number of rotatable bonds is 8. The number of amides is 1. The lowest BCUT2D eigenvalue weighted by atomic mass is 9.64. The number of aliphatic hydroxyl groups is 1. The van der Waals surface area contributed by atoms with Gasteiger partial charge in [-0.15, -0.1) is 0 Å². The number of para-hydroxylation sites is 1. The molecule has 2 saturated heterocycles. The number of aliphatic hydroxyl groups excluding tert-OH is 1. The Morgan fingerprint density at radius 1 is 0.740 bits per heavy atom. The molecule has 7 atom stereocenters. The second kappa shape index (κ2) is 12.7. The van der Waals surface area contributed by atoms with Crippen molar-refractivity contribution in [1.29, 1.82) is 0 Å². The van der Waals surface area contributed by atoms with Gasteiger partial charge in [-0.25, -0.2) is 0 Å². The van der Waals surface area contributed by atoms with E-state index in [9.17, 15) is 24.6 Å². The van der Waals surface area contributed by atoms with Crippen LogP contribution in [0.15, 0.2) is 140 Å². The highest BCUT2D eigenvalue weighted by Crippen LogP contribution is 2.65. The summed E-state index contributed by atoms with van der Waals surface area (Å²) in [6.45, 7) is 0. The number of hydrogen-bond donors (Lipinski definition) is 3. The Labute approximate surface area is 290 Å². The van der Waals surface area contributed by atoms with E-state index in [0.717, 1.165) is 11.1 Å². The molecule has 0 aliphatic carbocycles. The van der Waals surface area contributed by atoms with Crippen LogP contribution in [0.25, 0.3) is 0 Å². The van der Waals surface area contributed by atoms with Crippen LogP contribution in [0.2, 0.25) is 0 Å². The lowest BCUT2D eigenvalue weighted by Gasteiger charge is -2.46. The number of nitrogens with zero attached hydrogens (tertiary/aromatic N) is 1. The van der Waals surface area contributed by atoms with Crippen LogP contribution in [0.1, 0.15) is 65.0 Å². The van der Waals surface area contributed by atoms with Crippen LogP contribution < -0.4 is 5.32 Å². The Morgan fingerprint density at radius 3 is 2.02 bits per heavy atom. The van der Waals surface area contributed by atoms with Crippen LogP contribution in [-0.2, 0) is 24.5 Å². The number of anilines is 1. The van der Waals surface area contributed by atoms with Crippen molar-refractivity contribution in [3.63, 3.8) is 0 Å². The number of benzene rings is 5. The van der Waals surface area contributed by atoms with Crippen molar-refractivity contribution < 1.29 is 29.3 Å². The fourth-order valence-corrected chi connectivity index (χ4v) is 8.56. The molecule has 250 valence electrons. The molecule has 0 radical (unpaired) electrons. The van der Waals surface area contributed by atoms with Crippen molar-refractivity contribution in [3.8, 4) is 5.75 Å². The Bertz CT molecular complexity index is 2040. The largest absolute Gasteiger partial charge is 0.508 e. The molecule has 1 amide bonds. The van der Waals surface area contributed by atoms with Gasteiger partial charge in [0.25, 0.3) is 0 Å². The number of aromatic hydroxyl groups is 1. The Morgan fingerprint density at radius 2 is 1.34 bits per heavy atom. The minimum atomic E-state index is -1.55. The molecule has 8 heteroatoms. The standard InChI is InChI=1S/C42H36N2O6/c45-30-22-20-29(21-23-30)39-42(31-18-10-11-19-32(31)43-41(42)49)35(34(47)25-24-33(46)26-12-4-1-5-13-26)37-40(48)50-38(28-16-8-3-9-17-28)36(44(37)39)27-14-6-2-7-15-27/h1-23,33,35-39,45-46H,24-25H2,(H,43,49)/t33-,35-,36+,37+,38-,39-,42+/m0/s1. The van der Waals surface area contributed by atoms with Gasteiger partial charge in [0.05, 0.1) is 24.1 Å². The average Bonchev–Trinajstić information content (AvgIpc) is 3.64. The first-order valence-corrected chi connectivity index (χ1v) is 16.9. The molecule has 0 aromatic heterocycles. The summed E-state index contributed by atoms with van der Waals surface area (Å²) in [5.74, 6) is -2.40. The zero-order valence-corrected chi connectivity index (χ0v) is 27.1. The highest BCUT2D eigenvalue weighted by molar-refractivity contribution is 6.12. The number of ether oxygens (including phenoxy) is 1. The maximum atomic E-state index is 15.0. The summed E-state index contributed by atoms with van der Waals surface area (Å²) in [4.78, 5) is 46.5. The van der Waals surface area contributed by atoms with Gasteiger partial charge in [-0.1, -0.05) is 121 Å². The molecular weight excluding hydrogens is 628 g/mol. The number of carbonyl (C=O) groups excluding carboxylic acids is 3. The second-order valence-electron chi connectivity index (χ2n) is 13.3. The zero-order valence-electron chi connectivity index (χ0n) is 27.1. The molecule has 3 N–H and O–H groups in total. The first-order chi connectivity index (χ1) is 24.4. The third-order valence-corrected chi connectivity index (χ3v) is 10.6. The molecule has 50 heavy (non-hydrogen) atoms. The van der Waals surface area contributed by atoms with Crippen molar-refractivity contribution in [2.24, 2.45) is 5.92 Å². The summed E-state index contributed by atoms with van der Waals surface area (Å²) in [7, 11) is 0. The molecule has 2 fully saturated rings. The number of Topliss-reactive ketones (excluding diaryl/α,β-unsaturated/α-hetero) is 1. The molecule has 0 saturated carbocycles. The number of phenolic OH excluding ortho intramolecular Hbond substituents is 1. The molecule has 3 heterocycles. The van der Waals surface area contributed by atoms with E-state index >= 15 is 0 Å². The van der Waals surface area contributed by atoms with E-state index in [1.54, 1.807) is 24.3 Å². The third-order valence-electron chi connectivity index (χ3n) is 10.6. The van der Waals surface area contributed by atoms with Gasteiger partial charge in [0.15, 0.2) is 0 Å². The molecule has 5 aromatic rings. The summed E-state index contributed by atoms with van der Waals surface area (Å²) >= 11 is 0. The fourth-order valence-electron chi connectivity index (χ4n) is 8.56. The van der Waals surface area contributed by atoms with Gasteiger partial charge >= 0.3 is 5.97 Å². The molecule has 3 aliphatic heterocycles. The maximum Gasteiger partial charge on any atom is 0.324 e. The molecule has 8 rings (SSSR count). The van der Waals surface area contributed by atoms with Crippen LogP contribution >= 0.6 is 0 Å². The second-order valence-corrected chi connectivity index (χ2v) is 13.3. The van der Waals surface area contributed by atoms with Crippen molar-refractivity contribution in [3.05, 3.63) is 167 Å². The predicted molar refractivity (Wildman–Crippen MR) is 187 cm³/mol. The number of carbonyl (C=O) groups is 3. The smallest absolute Gasteiger partial charge is 0.324 e. The van der Waals surface area contributed by atoms with E-state index < -0.39 is 47.6 Å². The van der Waals surface area contributed by atoms with Gasteiger partial charge < -0.3 is 20.3 Å². The Balaban J connectivity index is 1.36. The van der Waals surface area contributed by atoms with E-state index in [2.05, 4.69) is 5.32 Å². The minimum absolute atomic E-state index is 0.0518. The molecule has 8 nitrogen and oxygen atoms in total. The van der Waals surface area contributed by atoms with Gasteiger partial charge in [-0.05, 0) is 52.4 Å². The first-order valence-electron chi connectivity index (χ1n) is 16.9. The van der Waals surface area contributed by atoms with Crippen molar-refractivity contribution >= 4 is 23.3 Å². The summed E-state index contributed by atoms with van der Waals surface area (Å²) < 4.78 is 6.40. The quantitative estimate of drug-likeness (QED) is 0.157. The van der Waals surface area contributed by atoms with Crippen LogP contribution in [0.4, 0.5) is 5.69 Å². The molecule has 1 spiro atoms. The van der Waals surface area contributed by atoms with E-state index in [0.29, 0.717) is 22.4 Å². The average molecular weight is 665 g/mol. The predicted octanol–water partition coefficient (Wildman–Crippen LogP) is 6.75. The SMILES string of the molecule is O=C1O[C@@H](c2ccccc2)[C@@H](c2ccccc2)N2[C@@H](c3ccc(O)cc3)[C@]3(C(=O)Nc4ccccc43)[C@@H](C(=O)CC[C@H](O)c3ccccc3)[C@H]12. The number of hydrogen-bond acceptors (Lipinski definition) is 7. The summed E-state index contributed by atoms with van der Waals surface area (Å²) in [6.07, 6.45) is -1.63. The van der Waals surface area contributed by atoms with Crippen molar-refractivity contribution in [2.45, 2.75) is 48.6 Å². The van der Waals surface area contributed by atoms with Gasteiger partial charge in [-0.3, -0.25) is 19.3 Å². The monoisotopic (exact) mass is 664 g/mol. The highest BCUT2D eigenvalue weighted by atomic mass is 16.6. The zero-order chi connectivity index (χ0) is 34.4. The van der Waals surface area contributed by atoms with Gasteiger partial charge in [0.1, 0.15) is 29.1 Å². The minimum Gasteiger partial charge on any atom is -0.508 e. The lowest BCUT2D eigenvalue weighted by Crippen LogP contribution is -2.52. The lowest BCUT2D eigenvalue weighted by molar-refractivity contribution is -0.178. The third kappa shape index (κ3) is 5.02. The molecular formula is C42H36N2O6. The van der Waals surface area contributed by atoms with Crippen LogP contribution in [0, 0.1) is 5.92 Å². The Hall–Kier alpha value is -5.57. The van der Waals surface area contributed by atoms with Crippen LogP contribution in [0.5, 0.6) is 5.75 Å². The number of cyclic esters (lactones) is 1. The van der Waals surface area contributed by atoms with Crippen LogP contribution in [0.3, 0.4) is 0 Å². The van der Waals surface area contributed by atoms with E-state index in [1.807, 2.05) is 120 Å². The number of phenols is 1. The number of morpholine rings is 1. The van der Waals surface area contributed by atoms with Crippen molar-refractivity contribution in [1.82, 2.24) is 4.90 Å². The number of fused-ring (bicyclic) bond motifs is 3. The molecule has 0 bridgehead atoms. The number of nitrogens with one attached hydrogen (secondary N) is 1. The molecule has 5 aromatic carbocycles. The van der Waals surface area contributed by atoms with Gasteiger partial charge in [0.2, 0.25) is 5.91 Å². The van der Waals surface area contributed by atoms with Gasteiger partial charge in [-0.2, -0.15) is 0 Å². The van der Waals surface area contributed by atoms with Crippen molar-refractivity contribution in [2.75, 3.05) is 5.32 Å². The molecule has 3 aliphatic rings. The van der Waals surface area contributed by atoms with Crippen LogP contribution in [-0.4, -0.2) is 38.8 Å². The number of esters is 1. The highest BCUT2D eigenvalue weighted by Gasteiger charge is 2.73. The summed E-state index contributed by atoms with van der Waals surface area (Å²) in [5, 5.41) is 24.6. The van der Waals surface area contributed by atoms with Gasteiger partial charge in [0, 0.05) is 12.1 Å². The van der Waals surface area contributed by atoms with E-state index in [-0.39, 0.29) is 30.3 Å². The fraction of sp³-hybridized carbons (Fsp3) is 0.214. The van der Waals surface area contributed by atoms with E-state index in [1.165, 1.54) is 0 Å². The first kappa shape index (κ1) is 31.7. The normalized spacial score (nSPS) is 26.1. The summed E-state index contributed by atoms with van der Waals surface area (Å²) in [5.41, 5.74) is 2.64. The topological polar surface area (TPSA) is 116 Å².